The fraction of sp³-hybridized carbons (Fsp3) is 0.208. The van der Waals surface area contributed by atoms with Gasteiger partial charge in [0.2, 0.25) is 5.75 Å². The predicted molar refractivity (Wildman–Crippen MR) is 128 cm³/mol. The molecule has 0 aliphatic carbocycles. The van der Waals surface area contributed by atoms with Crippen molar-refractivity contribution in [3.8, 4) is 39.5 Å². The van der Waals surface area contributed by atoms with E-state index < -0.39 is 0 Å². The molecule has 0 atom stereocenters. The average molecular weight is 476 g/mol. The Kier molecular flexibility index (Phi) is 6.85. The van der Waals surface area contributed by atoms with Crippen LogP contribution in [0.3, 0.4) is 0 Å². The van der Waals surface area contributed by atoms with Gasteiger partial charge in [-0.2, -0.15) is 10.4 Å². The molecule has 0 aliphatic heterocycles. The van der Waals surface area contributed by atoms with Crippen molar-refractivity contribution in [1.29, 1.82) is 5.26 Å². The largest absolute Gasteiger partial charge is 0.504 e. The van der Waals surface area contributed by atoms with E-state index in [-0.39, 0.29) is 18.0 Å². The van der Waals surface area contributed by atoms with Crippen LogP contribution in [-0.2, 0) is 6.54 Å². The van der Waals surface area contributed by atoms with Crippen LogP contribution in [0.5, 0.6) is 23.0 Å². The van der Waals surface area contributed by atoms with E-state index in [0.717, 1.165) is 10.4 Å². The number of hydrogen-bond donors (Lipinski definition) is 1. The Morgan fingerprint density at radius 1 is 1.12 bits per heavy atom. The second kappa shape index (κ2) is 10.1. The zero-order chi connectivity index (χ0) is 24.1. The number of ether oxygens (including phenoxy) is 3. The molecule has 34 heavy (non-hydrogen) atoms. The summed E-state index contributed by atoms with van der Waals surface area (Å²) in [7, 11) is 2.94. The van der Waals surface area contributed by atoms with Crippen LogP contribution >= 0.6 is 11.3 Å². The van der Waals surface area contributed by atoms with Gasteiger partial charge in [-0.1, -0.05) is 12.1 Å². The lowest BCUT2D eigenvalue weighted by Gasteiger charge is -2.10. The summed E-state index contributed by atoms with van der Waals surface area (Å²) in [5.74, 6) is 1.65. The Balaban J connectivity index is 1.71. The zero-order valence-electron chi connectivity index (χ0n) is 18.8. The molecule has 172 valence electrons. The topological polar surface area (TPSA) is 122 Å². The SMILES string of the molecule is CCOc1ccccc1-c1sc2c(N=NCc3cc(O)c(OC)c(OC)c3)ncnc2c1C#N. The van der Waals surface area contributed by atoms with Crippen molar-refractivity contribution in [3.05, 3.63) is 53.9 Å². The van der Waals surface area contributed by atoms with E-state index in [2.05, 4.69) is 26.3 Å². The van der Waals surface area contributed by atoms with Gasteiger partial charge < -0.3 is 19.3 Å². The number of nitriles is 1. The van der Waals surface area contributed by atoms with Crippen LogP contribution in [0, 0.1) is 11.3 Å². The lowest BCUT2D eigenvalue weighted by atomic mass is 10.1. The van der Waals surface area contributed by atoms with Crippen molar-refractivity contribution >= 4 is 27.4 Å². The highest BCUT2D eigenvalue weighted by Gasteiger charge is 2.20. The number of azo groups is 1. The summed E-state index contributed by atoms with van der Waals surface area (Å²) in [6, 6.07) is 13.1. The molecule has 4 rings (SSSR count). The summed E-state index contributed by atoms with van der Waals surface area (Å²) in [4.78, 5) is 9.33. The first kappa shape index (κ1) is 22.9. The molecule has 9 nitrogen and oxygen atoms in total. The first-order chi connectivity index (χ1) is 16.6. The van der Waals surface area contributed by atoms with Gasteiger partial charge in [0.25, 0.3) is 0 Å². The number of phenols is 1. The first-order valence-corrected chi connectivity index (χ1v) is 11.1. The first-order valence-electron chi connectivity index (χ1n) is 10.3. The number of hydrogen-bond acceptors (Lipinski definition) is 10. The number of methoxy groups -OCH3 is 2. The fourth-order valence-corrected chi connectivity index (χ4v) is 4.64. The number of para-hydroxylation sites is 1. The molecule has 4 aromatic rings. The highest BCUT2D eigenvalue weighted by Crippen LogP contribution is 2.44. The summed E-state index contributed by atoms with van der Waals surface area (Å²) in [6.07, 6.45) is 1.37. The lowest BCUT2D eigenvalue weighted by Crippen LogP contribution is -1.93. The molecule has 2 aromatic carbocycles. The maximum absolute atomic E-state index is 10.2. The molecular weight excluding hydrogens is 454 g/mol. The third-order valence-electron chi connectivity index (χ3n) is 4.93. The predicted octanol–water partition coefficient (Wildman–Crippen LogP) is 5.64. The summed E-state index contributed by atoms with van der Waals surface area (Å²) in [6.45, 7) is 2.60. The van der Waals surface area contributed by atoms with Crippen LogP contribution < -0.4 is 14.2 Å². The number of thiophene rings is 1. The molecule has 0 radical (unpaired) electrons. The monoisotopic (exact) mass is 475 g/mol. The smallest absolute Gasteiger partial charge is 0.203 e. The number of nitrogens with zero attached hydrogens (tertiary/aromatic N) is 5. The van der Waals surface area contributed by atoms with Gasteiger partial charge in [0.1, 0.15) is 28.4 Å². The minimum absolute atomic E-state index is 0.0500. The van der Waals surface area contributed by atoms with E-state index in [1.54, 1.807) is 6.07 Å². The van der Waals surface area contributed by atoms with Crippen molar-refractivity contribution in [1.82, 2.24) is 9.97 Å². The third-order valence-corrected chi connectivity index (χ3v) is 6.14. The van der Waals surface area contributed by atoms with E-state index in [9.17, 15) is 10.4 Å². The standard InChI is InChI=1S/C24H21N5O4S/c1-4-33-18-8-6-5-7-15(18)22-16(11-25)20-23(34-22)24(27-13-26-20)29-28-12-14-9-17(30)21(32-3)19(10-14)31-2/h5-10,13,30H,4,12H2,1-3H3. The molecule has 0 unspecified atom stereocenters. The van der Waals surface area contributed by atoms with Crippen molar-refractivity contribution in [2.75, 3.05) is 20.8 Å². The van der Waals surface area contributed by atoms with Crippen molar-refractivity contribution in [2.24, 2.45) is 10.2 Å². The number of aromatic nitrogens is 2. The molecule has 0 bridgehead atoms. The molecule has 2 aromatic heterocycles. The van der Waals surface area contributed by atoms with Gasteiger partial charge in [-0.3, -0.25) is 0 Å². The Morgan fingerprint density at radius 2 is 1.94 bits per heavy atom. The number of benzene rings is 2. The van der Waals surface area contributed by atoms with Crippen LogP contribution in [0.25, 0.3) is 20.7 Å². The maximum Gasteiger partial charge on any atom is 0.203 e. The second-order valence-corrected chi connectivity index (χ2v) is 7.99. The Bertz CT molecular complexity index is 1410. The molecule has 10 heteroatoms. The van der Waals surface area contributed by atoms with Crippen molar-refractivity contribution < 1.29 is 19.3 Å². The van der Waals surface area contributed by atoms with Crippen LogP contribution in [0.1, 0.15) is 18.1 Å². The molecule has 0 saturated heterocycles. The van der Waals surface area contributed by atoms with E-state index in [0.29, 0.717) is 45.3 Å². The van der Waals surface area contributed by atoms with Gasteiger partial charge in [0, 0.05) is 5.56 Å². The number of aromatic hydroxyl groups is 1. The van der Waals surface area contributed by atoms with Crippen molar-refractivity contribution in [3.63, 3.8) is 0 Å². The number of phenolic OH excluding ortho intramolecular Hbond substituents is 1. The third kappa shape index (κ3) is 4.33. The summed E-state index contributed by atoms with van der Waals surface area (Å²) >= 11 is 1.37. The highest BCUT2D eigenvalue weighted by molar-refractivity contribution is 7.23. The molecular formula is C24H21N5O4S. The molecule has 0 aliphatic rings. The van der Waals surface area contributed by atoms with Crippen LogP contribution in [-0.4, -0.2) is 35.9 Å². The Labute approximate surface area is 199 Å². The Morgan fingerprint density at radius 3 is 2.68 bits per heavy atom. The van der Waals surface area contributed by atoms with Crippen LogP contribution in [0.15, 0.2) is 53.0 Å². The van der Waals surface area contributed by atoms with Crippen LogP contribution in [0.4, 0.5) is 5.82 Å². The zero-order valence-corrected chi connectivity index (χ0v) is 19.6. The van der Waals surface area contributed by atoms with E-state index >= 15 is 0 Å². The molecule has 0 saturated carbocycles. The summed E-state index contributed by atoms with van der Waals surface area (Å²) < 4.78 is 16.8. The number of rotatable bonds is 8. The van der Waals surface area contributed by atoms with Gasteiger partial charge in [-0.05, 0) is 36.8 Å². The minimum Gasteiger partial charge on any atom is -0.504 e. The van der Waals surface area contributed by atoms with Crippen LogP contribution in [0.2, 0.25) is 0 Å². The molecule has 0 spiro atoms. The van der Waals surface area contributed by atoms with E-state index in [4.69, 9.17) is 14.2 Å². The second-order valence-electron chi connectivity index (χ2n) is 6.97. The molecule has 2 heterocycles. The van der Waals surface area contributed by atoms with Gasteiger partial charge in [-0.25, -0.2) is 9.97 Å². The van der Waals surface area contributed by atoms with E-state index in [1.165, 1.54) is 38.0 Å². The molecule has 1 N–H and O–H groups in total. The fourth-order valence-electron chi connectivity index (χ4n) is 3.47. The van der Waals surface area contributed by atoms with Gasteiger partial charge >= 0.3 is 0 Å². The van der Waals surface area contributed by atoms with Gasteiger partial charge in [-0.15, -0.1) is 16.5 Å². The summed E-state index contributed by atoms with van der Waals surface area (Å²) in [5.41, 5.74) is 2.45. The van der Waals surface area contributed by atoms with Gasteiger partial charge in [0.15, 0.2) is 17.3 Å². The minimum atomic E-state index is -0.0500. The van der Waals surface area contributed by atoms with Gasteiger partial charge in [0.05, 0.1) is 37.8 Å². The normalized spacial score (nSPS) is 11.0. The van der Waals surface area contributed by atoms with E-state index in [1.807, 2.05) is 31.2 Å². The molecule has 0 amide bonds. The Hall–Kier alpha value is -4.23. The number of fused-ring (bicyclic) bond motifs is 1. The highest BCUT2D eigenvalue weighted by atomic mass is 32.1. The lowest BCUT2D eigenvalue weighted by molar-refractivity contribution is 0.332. The summed E-state index contributed by atoms with van der Waals surface area (Å²) in [5, 5.41) is 28.6. The van der Waals surface area contributed by atoms with Crippen molar-refractivity contribution in [2.45, 2.75) is 13.5 Å². The molecule has 0 fully saturated rings. The average Bonchev–Trinajstić information content (AvgIpc) is 3.23. The quantitative estimate of drug-likeness (QED) is 0.327. The maximum atomic E-state index is 10.2.